The molecule has 0 saturated heterocycles. The van der Waals surface area contributed by atoms with Gasteiger partial charge in [0.25, 0.3) is 0 Å². The second kappa shape index (κ2) is 7.44. The van der Waals surface area contributed by atoms with Gasteiger partial charge >= 0.3 is 35.8 Å². The summed E-state index contributed by atoms with van der Waals surface area (Å²) in [6, 6.07) is 0. The van der Waals surface area contributed by atoms with Crippen molar-refractivity contribution in [2.75, 3.05) is 12.4 Å². The number of hydrogen-bond donors (Lipinski definition) is 1. The number of carbonyl (C=O) groups excluding carboxylic acids is 2. The molecule has 1 N–H and O–H groups in total. The zero-order chi connectivity index (χ0) is 22.3. The molecule has 0 aliphatic carbocycles. The van der Waals surface area contributed by atoms with E-state index in [4.69, 9.17) is 0 Å². The molecule has 0 fully saturated rings. The van der Waals surface area contributed by atoms with Crippen molar-refractivity contribution in [3.05, 3.63) is 16.0 Å². The van der Waals surface area contributed by atoms with Gasteiger partial charge in [0.05, 0.1) is 12.7 Å². The van der Waals surface area contributed by atoms with E-state index in [1.165, 1.54) is 13.8 Å². The van der Waals surface area contributed by atoms with Crippen LogP contribution in [-0.4, -0.2) is 42.9 Å². The van der Waals surface area contributed by atoms with Gasteiger partial charge in [-0.2, -0.15) is 39.5 Å². The summed E-state index contributed by atoms with van der Waals surface area (Å²) in [6.07, 6.45) is -6.94. The molecule has 160 valence electrons. The van der Waals surface area contributed by atoms with Gasteiger partial charge in [-0.05, 0) is 18.9 Å². The highest BCUT2D eigenvalue weighted by molar-refractivity contribution is 7.16. The number of thiophene rings is 1. The second-order valence-electron chi connectivity index (χ2n) is 5.36. The highest BCUT2D eigenvalue weighted by Crippen LogP contribution is 2.53. The van der Waals surface area contributed by atoms with E-state index in [2.05, 4.69) is 4.74 Å². The third-order valence-electron chi connectivity index (χ3n) is 3.61. The molecular formula is C14H12F9NO3S. The van der Waals surface area contributed by atoms with Gasteiger partial charge in [0.1, 0.15) is 5.00 Å². The fraction of sp³-hybridized carbons (Fsp3) is 0.571. The SMILES string of the molecule is CCc1c(C)sc(NC(=O)C(F)(F)C(F)(F)C(F)(F)C(F)(F)F)c1C(=O)OC. The Kier molecular flexibility index (Phi) is 6.39. The smallest absolute Gasteiger partial charge is 0.460 e. The summed E-state index contributed by atoms with van der Waals surface area (Å²) in [5, 5.41) is 0.387. The molecule has 14 heteroatoms. The largest absolute Gasteiger partial charge is 0.465 e. The standard InChI is InChI=1S/C14H12F9NO3S/c1-4-6-5(2)28-8(7(6)9(25)27-3)24-10(26)11(15,16)12(17,18)13(19,20)14(21,22)23/h4H2,1-3H3,(H,24,26). The minimum absolute atomic E-state index is 0.112. The van der Waals surface area contributed by atoms with Crippen molar-refractivity contribution in [3.8, 4) is 0 Å². The number of nitrogens with one attached hydrogen (secondary N) is 1. The Morgan fingerprint density at radius 2 is 1.50 bits per heavy atom. The fourth-order valence-corrected chi connectivity index (χ4v) is 3.24. The lowest BCUT2D eigenvalue weighted by atomic mass is 10.0. The quantitative estimate of drug-likeness (QED) is 0.505. The van der Waals surface area contributed by atoms with Gasteiger partial charge in [0, 0.05) is 4.88 Å². The predicted molar refractivity (Wildman–Crippen MR) is 79.3 cm³/mol. The van der Waals surface area contributed by atoms with Crippen LogP contribution in [0.5, 0.6) is 0 Å². The van der Waals surface area contributed by atoms with E-state index in [1.54, 1.807) is 0 Å². The summed E-state index contributed by atoms with van der Waals surface area (Å²) in [7, 11) is 0.882. The van der Waals surface area contributed by atoms with Crippen LogP contribution in [0.25, 0.3) is 0 Å². The van der Waals surface area contributed by atoms with Crippen molar-refractivity contribution < 1.29 is 53.8 Å². The molecule has 0 radical (unpaired) electrons. The Hall–Kier alpha value is -1.99. The molecule has 0 aliphatic rings. The number of carbonyl (C=O) groups is 2. The molecule has 0 aliphatic heterocycles. The number of amides is 1. The first-order chi connectivity index (χ1) is 12.5. The van der Waals surface area contributed by atoms with Gasteiger partial charge in [0.2, 0.25) is 0 Å². The zero-order valence-electron chi connectivity index (χ0n) is 14.2. The van der Waals surface area contributed by atoms with Crippen LogP contribution >= 0.6 is 11.3 Å². The van der Waals surface area contributed by atoms with Crippen molar-refractivity contribution >= 4 is 28.2 Å². The van der Waals surface area contributed by atoms with Gasteiger partial charge in [-0.15, -0.1) is 11.3 Å². The molecule has 0 saturated carbocycles. The number of methoxy groups -OCH3 is 1. The maximum Gasteiger partial charge on any atom is 0.460 e. The van der Waals surface area contributed by atoms with Crippen molar-refractivity contribution in [2.45, 2.75) is 44.2 Å². The number of aryl methyl sites for hydroxylation is 1. The minimum Gasteiger partial charge on any atom is -0.465 e. The van der Waals surface area contributed by atoms with Crippen LogP contribution in [0, 0.1) is 6.92 Å². The monoisotopic (exact) mass is 445 g/mol. The number of halogens is 9. The zero-order valence-corrected chi connectivity index (χ0v) is 15.1. The molecule has 0 unspecified atom stereocenters. The van der Waals surface area contributed by atoms with E-state index < -0.39 is 46.4 Å². The van der Waals surface area contributed by atoms with Crippen LogP contribution < -0.4 is 5.32 Å². The maximum atomic E-state index is 13.7. The Balaban J connectivity index is 3.39. The summed E-state index contributed by atoms with van der Waals surface area (Å²) in [5.74, 6) is -25.1. The van der Waals surface area contributed by atoms with Crippen LogP contribution in [0.1, 0.15) is 27.7 Å². The van der Waals surface area contributed by atoms with E-state index in [0.29, 0.717) is 11.3 Å². The second-order valence-corrected chi connectivity index (χ2v) is 6.59. The first-order valence-corrected chi connectivity index (χ1v) is 8.01. The first-order valence-electron chi connectivity index (χ1n) is 7.19. The molecule has 0 aromatic carbocycles. The lowest BCUT2D eigenvalue weighted by Gasteiger charge is -2.32. The van der Waals surface area contributed by atoms with E-state index in [9.17, 15) is 49.1 Å². The molecule has 1 aromatic heterocycles. The van der Waals surface area contributed by atoms with Crippen LogP contribution in [-0.2, 0) is 16.0 Å². The third kappa shape index (κ3) is 3.65. The number of rotatable bonds is 6. The lowest BCUT2D eigenvalue weighted by Crippen LogP contribution is -2.64. The summed E-state index contributed by atoms with van der Waals surface area (Å²) in [4.78, 5) is 23.6. The third-order valence-corrected chi connectivity index (χ3v) is 4.67. The highest BCUT2D eigenvalue weighted by atomic mass is 32.1. The fourth-order valence-electron chi connectivity index (χ4n) is 2.11. The van der Waals surface area contributed by atoms with Crippen LogP contribution in [0.2, 0.25) is 0 Å². The topological polar surface area (TPSA) is 55.4 Å². The van der Waals surface area contributed by atoms with Crippen molar-refractivity contribution in [2.24, 2.45) is 0 Å². The van der Waals surface area contributed by atoms with Crippen molar-refractivity contribution in [1.82, 2.24) is 0 Å². The molecule has 1 rings (SSSR count). The van der Waals surface area contributed by atoms with Crippen LogP contribution in [0.4, 0.5) is 44.5 Å². The maximum absolute atomic E-state index is 13.7. The molecule has 0 atom stereocenters. The Morgan fingerprint density at radius 3 is 1.89 bits per heavy atom. The van der Waals surface area contributed by atoms with E-state index in [1.807, 2.05) is 0 Å². The number of hydrogen-bond acceptors (Lipinski definition) is 4. The van der Waals surface area contributed by atoms with Gasteiger partial charge in [0.15, 0.2) is 0 Å². The molecular weight excluding hydrogens is 433 g/mol. The molecule has 4 nitrogen and oxygen atoms in total. The van der Waals surface area contributed by atoms with Crippen LogP contribution in [0.3, 0.4) is 0 Å². The first kappa shape index (κ1) is 24.0. The lowest BCUT2D eigenvalue weighted by molar-refractivity contribution is -0.388. The Labute approximate surface area is 155 Å². The Bertz CT molecular complexity index is 771. The summed E-state index contributed by atoms with van der Waals surface area (Å²) >= 11 is 0.457. The van der Waals surface area contributed by atoms with E-state index in [0.717, 1.165) is 12.4 Å². The number of esters is 1. The van der Waals surface area contributed by atoms with Gasteiger partial charge in [-0.25, -0.2) is 4.79 Å². The molecule has 1 heterocycles. The average Bonchev–Trinajstić information content (AvgIpc) is 2.87. The predicted octanol–water partition coefficient (Wildman–Crippen LogP) is 4.81. The van der Waals surface area contributed by atoms with E-state index in [-0.39, 0.29) is 16.9 Å². The number of alkyl halides is 9. The highest BCUT2D eigenvalue weighted by Gasteiger charge is 2.83. The molecule has 0 bridgehead atoms. The molecule has 28 heavy (non-hydrogen) atoms. The average molecular weight is 445 g/mol. The van der Waals surface area contributed by atoms with E-state index >= 15 is 0 Å². The normalized spacial score (nSPS) is 13.4. The van der Waals surface area contributed by atoms with Gasteiger partial charge in [-0.3, -0.25) is 4.79 Å². The van der Waals surface area contributed by atoms with Gasteiger partial charge in [-0.1, -0.05) is 6.92 Å². The van der Waals surface area contributed by atoms with Crippen LogP contribution in [0.15, 0.2) is 0 Å². The summed E-state index contributed by atoms with van der Waals surface area (Å²) in [5.41, 5.74) is -0.314. The summed E-state index contributed by atoms with van der Waals surface area (Å²) < 4.78 is 120. The van der Waals surface area contributed by atoms with Gasteiger partial charge < -0.3 is 10.1 Å². The molecule has 0 spiro atoms. The number of ether oxygens (including phenoxy) is 1. The molecule has 1 aromatic rings. The minimum atomic E-state index is -7.20. The summed E-state index contributed by atoms with van der Waals surface area (Å²) in [6.45, 7) is 2.88. The van der Waals surface area contributed by atoms with Crippen molar-refractivity contribution in [1.29, 1.82) is 0 Å². The molecule has 1 amide bonds. The van der Waals surface area contributed by atoms with Crippen molar-refractivity contribution in [3.63, 3.8) is 0 Å². The number of anilines is 1. The Morgan fingerprint density at radius 1 is 1.00 bits per heavy atom.